The zero-order chi connectivity index (χ0) is 7.90. The molecule has 1 heterocycles. The van der Waals surface area contributed by atoms with Gasteiger partial charge in [-0.15, -0.1) is 0 Å². The van der Waals surface area contributed by atoms with Gasteiger partial charge in [0.25, 0.3) is 0 Å². The van der Waals surface area contributed by atoms with E-state index in [1.54, 1.807) is 12.4 Å². The second-order valence-corrected chi connectivity index (χ2v) is 3.48. The predicted molar refractivity (Wildman–Crippen MR) is 44.3 cm³/mol. The number of nitrogens with zero attached hydrogens (tertiary/aromatic N) is 1. The van der Waals surface area contributed by atoms with E-state index < -0.39 is 0 Å². The molecule has 0 amide bonds. The molecule has 0 unspecified atom stereocenters. The molecule has 0 saturated heterocycles. The Morgan fingerprint density at radius 1 is 1.45 bits per heavy atom. The first-order valence-electron chi connectivity index (χ1n) is 3.61. The Morgan fingerprint density at radius 3 is 2.73 bits per heavy atom. The Bertz CT molecular complexity index is 281. The molecule has 1 aliphatic rings. The fourth-order valence-electron chi connectivity index (χ4n) is 1.11. The van der Waals surface area contributed by atoms with E-state index in [1.165, 1.54) is 0 Å². The highest BCUT2D eigenvalue weighted by atomic mass is 35.5. The average Bonchev–Trinajstić information content (AvgIpc) is 2.70. The van der Waals surface area contributed by atoms with Gasteiger partial charge in [0.2, 0.25) is 0 Å². The fourth-order valence-corrected chi connectivity index (χ4v) is 1.28. The fraction of sp³-hybridized carbons (Fsp3) is 0.375. The quantitative estimate of drug-likeness (QED) is 0.693. The maximum atomic E-state index is 5.94. The summed E-state index contributed by atoms with van der Waals surface area (Å²) in [6.45, 7) is 0. The van der Waals surface area contributed by atoms with Crippen LogP contribution in [0.15, 0.2) is 18.5 Å². The summed E-state index contributed by atoms with van der Waals surface area (Å²) in [5.41, 5.74) is 6.89. The molecule has 0 radical (unpaired) electrons. The van der Waals surface area contributed by atoms with Gasteiger partial charge in [0.1, 0.15) is 0 Å². The lowest BCUT2D eigenvalue weighted by Crippen LogP contribution is -2.18. The van der Waals surface area contributed by atoms with Gasteiger partial charge in [-0.05, 0) is 24.5 Å². The number of aromatic nitrogens is 1. The molecule has 0 spiro atoms. The Hall–Kier alpha value is -0.600. The molecule has 11 heavy (non-hydrogen) atoms. The summed E-state index contributed by atoms with van der Waals surface area (Å²) < 4.78 is 0. The van der Waals surface area contributed by atoms with Crippen LogP contribution < -0.4 is 5.73 Å². The Labute approximate surface area is 70.4 Å². The van der Waals surface area contributed by atoms with Crippen LogP contribution in [0, 0.1) is 0 Å². The Balaban J connectivity index is 2.38. The van der Waals surface area contributed by atoms with Crippen molar-refractivity contribution < 1.29 is 0 Å². The van der Waals surface area contributed by atoms with Gasteiger partial charge in [-0.25, -0.2) is 0 Å². The molecule has 0 aromatic carbocycles. The minimum absolute atomic E-state index is 0.113. The van der Waals surface area contributed by atoms with Gasteiger partial charge in [-0.3, -0.25) is 4.98 Å². The van der Waals surface area contributed by atoms with Crippen molar-refractivity contribution in [1.82, 2.24) is 4.98 Å². The van der Waals surface area contributed by atoms with Crippen molar-refractivity contribution in [3.63, 3.8) is 0 Å². The van der Waals surface area contributed by atoms with Gasteiger partial charge in [0.05, 0.1) is 5.02 Å². The summed E-state index contributed by atoms with van der Waals surface area (Å²) in [6.07, 6.45) is 5.51. The molecular formula is C8H9ClN2. The van der Waals surface area contributed by atoms with Gasteiger partial charge >= 0.3 is 0 Å². The molecule has 0 aliphatic heterocycles. The van der Waals surface area contributed by atoms with Crippen LogP contribution in [0.2, 0.25) is 5.02 Å². The number of pyridine rings is 1. The van der Waals surface area contributed by atoms with Gasteiger partial charge in [0.15, 0.2) is 0 Å². The molecule has 1 saturated carbocycles. The average molecular weight is 169 g/mol. The third-order valence-electron chi connectivity index (χ3n) is 2.07. The number of nitrogens with two attached hydrogens (primary N) is 1. The van der Waals surface area contributed by atoms with Crippen LogP contribution in [0.4, 0.5) is 0 Å². The predicted octanol–water partition coefficient (Wildman–Crippen LogP) is 1.68. The van der Waals surface area contributed by atoms with Crippen molar-refractivity contribution in [2.45, 2.75) is 18.4 Å². The molecule has 1 aromatic heterocycles. The minimum Gasteiger partial charge on any atom is -0.321 e. The summed E-state index contributed by atoms with van der Waals surface area (Å²) in [4.78, 5) is 3.98. The number of hydrogen-bond donors (Lipinski definition) is 1. The van der Waals surface area contributed by atoms with E-state index in [-0.39, 0.29) is 5.54 Å². The van der Waals surface area contributed by atoms with Crippen molar-refractivity contribution in [2.75, 3.05) is 0 Å². The highest BCUT2D eigenvalue weighted by molar-refractivity contribution is 6.30. The molecule has 2 N–H and O–H groups in total. The molecule has 3 heteroatoms. The van der Waals surface area contributed by atoms with Crippen LogP contribution in [0.3, 0.4) is 0 Å². The molecule has 58 valence electrons. The molecule has 0 atom stereocenters. The zero-order valence-electron chi connectivity index (χ0n) is 6.05. The highest BCUT2D eigenvalue weighted by Crippen LogP contribution is 2.42. The van der Waals surface area contributed by atoms with Gasteiger partial charge in [0, 0.05) is 17.9 Å². The van der Waals surface area contributed by atoms with E-state index in [4.69, 9.17) is 17.3 Å². The van der Waals surface area contributed by atoms with E-state index in [1.807, 2.05) is 6.07 Å². The van der Waals surface area contributed by atoms with Crippen LogP contribution in [0.1, 0.15) is 18.4 Å². The lowest BCUT2D eigenvalue weighted by Gasteiger charge is -2.07. The smallest absolute Gasteiger partial charge is 0.0592 e. The molecule has 1 aliphatic carbocycles. The molecule has 1 aromatic rings. The van der Waals surface area contributed by atoms with Crippen molar-refractivity contribution >= 4 is 11.6 Å². The highest BCUT2D eigenvalue weighted by Gasteiger charge is 2.40. The van der Waals surface area contributed by atoms with Crippen molar-refractivity contribution in [1.29, 1.82) is 0 Å². The van der Waals surface area contributed by atoms with Crippen LogP contribution in [0.25, 0.3) is 0 Å². The lowest BCUT2D eigenvalue weighted by molar-refractivity contribution is 0.735. The van der Waals surface area contributed by atoms with Gasteiger partial charge in [-0.1, -0.05) is 11.6 Å². The monoisotopic (exact) mass is 168 g/mol. The molecular weight excluding hydrogens is 160 g/mol. The second-order valence-electron chi connectivity index (χ2n) is 3.05. The topological polar surface area (TPSA) is 38.9 Å². The normalized spacial score (nSPS) is 19.8. The Morgan fingerprint density at radius 2 is 2.18 bits per heavy atom. The summed E-state index contributed by atoms with van der Waals surface area (Å²) >= 11 is 5.76. The lowest BCUT2D eigenvalue weighted by atomic mass is 10.1. The molecule has 0 bridgehead atoms. The van der Waals surface area contributed by atoms with E-state index >= 15 is 0 Å². The van der Waals surface area contributed by atoms with Crippen LogP contribution in [-0.4, -0.2) is 4.98 Å². The first kappa shape index (κ1) is 7.07. The zero-order valence-corrected chi connectivity index (χ0v) is 6.80. The number of hydrogen-bond acceptors (Lipinski definition) is 2. The summed E-state index contributed by atoms with van der Waals surface area (Å²) in [5.74, 6) is 0. The summed E-state index contributed by atoms with van der Waals surface area (Å²) in [6, 6.07) is 1.89. The van der Waals surface area contributed by atoms with Gasteiger partial charge < -0.3 is 5.73 Å². The summed E-state index contributed by atoms with van der Waals surface area (Å²) in [7, 11) is 0. The van der Waals surface area contributed by atoms with Crippen molar-refractivity contribution in [2.24, 2.45) is 5.73 Å². The maximum absolute atomic E-state index is 5.94. The van der Waals surface area contributed by atoms with Crippen LogP contribution in [0.5, 0.6) is 0 Å². The van der Waals surface area contributed by atoms with Crippen molar-refractivity contribution in [3.8, 4) is 0 Å². The van der Waals surface area contributed by atoms with E-state index in [9.17, 15) is 0 Å². The van der Waals surface area contributed by atoms with E-state index in [2.05, 4.69) is 4.98 Å². The van der Waals surface area contributed by atoms with Crippen LogP contribution >= 0.6 is 11.6 Å². The summed E-state index contributed by atoms with van der Waals surface area (Å²) in [5, 5.41) is 0.666. The van der Waals surface area contributed by atoms with E-state index in [0.29, 0.717) is 5.02 Å². The molecule has 1 fully saturated rings. The van der Waals surface area contributed by atoms with Crippen molar-refractivity contribution in [3.05, 3.63) is 29.0 Å². The second kappa shape index (κ2) is 2.19. The number of halogens is 1. The van der Waals surface area contributed by atoms with E-state index in [0.717, 1.165) is 18.4 Å². The molecule has 2 rings (SSSR count). The standard InChI is InChI=1S/C8H9ClN2/c9-7-3-6(4-11-5-7)8(10)1-2-8/h3-5H,1-2,10H2. The molecule has 2 nitrogen and oxygen atoms in total. The Kier molecular flexibility index (Phi) is 1.41. The largest absolute Gasteiger partial charge is 0.321 e. The first-order valence-corrected chi connectivity index (χ1v) is 3.98. The minimum atomic E-state index is -0.113. The first-order chi connectivity index (χ1) is 5.21. The number of rotatable bonds is 1. The third-order valence-corrected chi connectivity index (χ3v) is 2.28. The maximum Gasteiger partial charge on any atom is 0.0592 e. The SMILES string of the molecule is NC1(c2cncc(Cl)c2)CC1. The third kappa shape index (κ3) is 1.24. The van der Waals surface area contributed by atoms with Gasteiger partial charge in [-0.2, -0.15) is 0 Å². The van der Waals surface area contributed by atoms with Crippen LogP contribution in [-0.2, 0) is 5.54 Å².